The van der Waals surface area contributed by atoms with Gasteiger partial charge in [0, 0.05) is 19.6 Å². The Kier molecular flexibility index (Phi) is 5.15. The van der Waals surface area contributed by atoms with Crippen LogP contribution >= 0.6 is 0 Å². The Morgan fingerprint density at radius 3 is 2.77 bits per heavy atom. The molecule has 0 saturated heterocycles. The molecule has 138 valence electrons. The van der Waals surface area contributed by atoms with Crippen molar-refractivity contribution < 1.29 is 17.9 Å². The minimum Gasteiger partial charge on any atom is -0.496 e. The largest absolute Gasteiger partial charge is 0.496 e. The van der Waals surface area contributed by atoms with Crippen molar-refractivity contribution in [2.24, 2.45) is 5.73 Å². The molecule has 0 saturated carbocycles. The predicted molar refractivity (Wildman–Crippen MR) is 99.1 cm³/mol. The fourth-order valence-corrected chi connectivity index (χ4v) is 4.52. The Labute approximate surface area is 152 Å². The Hall–Kier alpha value is -2.58. The van der Waals surface area contributed by atoms with Crippen LogP contribution in [0.25, 0.3) is 0 Å². The number of hydrogen-bond donors (Lipinski definition) is 2. The van der Waals surface area contributed by atoms with Gasteiger partial charge in [0.1, 0.15) is 5.75 Å². The number of rotatable bonds is 6. The molecule has 26 heavy (non-hydrogen) atoms. The number of para-hydroxylation sites is 1. The van der Waals surface area contributed by atoms with E-state index in [0.29, 0.717) is 30.9 Å². The summed E-state index contributed by atoms with van der Waals surface area (Å²) in [7, 11) is -2.35. The molecule has 1 aliphatic heterocycles. The Morgan fingerprint density at radius 1 is 1.27 bits per heavy atom. The minimum absolute atomic E-state index is 0.0490. The van der Waals surface area contributed by atoms with Gasteiger partial charge in [-0.2, -0.15) is 0 Å². The molecule has 0 fully saturated rings. The first-order chi connectivity index (χ1) is 12.5. The highest BCUT2D eigenvalue weighted by Gasteiger charge is 2.31. The standard InChI is InChI=1S/C18H21N3O4S/c1-25-17-7-6-14(12-15(17)18(22)20-10-9-19)26(23,24)21-11-8-13-4-2-3-5-16(13)21/h2-7,12H,8-11,19H2,1H3,(H,20,22). The number of nitrogens with zero attached hydrogens (tertiary/aromatic N) is 1. The number of carbonyl (C=O) groups excluding carboxylic acids is 1. The monoisotopic (exact) mass is 375 g/mol. The van der Waals surface area contributed by atoms with Crippen molar-refractivity contribution in [1.82, 2.24) is 5.32 Å². The fourth-order valence-electron chi connectivity index (χ4n) is 2.99. The number of nitrogens with one attached hydrogen (secondary N) is 1. The average molecular weight is 375 g/mol. The molecule has 0 atom stereocenters. The number of anilines is 1. The van der Waals surface area contributed by atoms with Gasteiger partial charge in [-0.15, -0.1) is 0 Å². The van der Waals surface area contributed by atoms with Crippen LogP contribution in [0, 0.1) is 0 Å². The van der Waals surface area contributed by atoms with Crippen molar-refractivity contribution in [3.63, 3.8) is 0 Å². The molecular formula is C18H21N3O4S. The molecule has 3 N–H and O–H groups in total. The molecule has 0 aromatic heterocycles. The highest BCUT2D eigenvalue weighted by molar-refractivity contribution is 7.92. The number of ether oxygens (including phenoxy) is 1. The summed E-state index contributed by atoms with van der Waals surface area (Å²) in [5, 5.41) is 2.63. The molecule has 0 bridgehead atoms. The zero-order valence-electron chi connectivity index (χ0n) is 14.4. The molecule has 0 radical (unpaired) electrons. The van der Waals surface area contributed by atoms with Gasteiger partial charge in [-0.25, -0.2) is 8.42 Å². The third-order valence-electron chi connectivity index (χ3n) is 4.28. The second-order valence-electron chi connectivity index (χ2n) is 5.86. The fraction of sp³-hybridized carbons (Fsp3) is 0.278. The first-order valence-corrected chi connectivity index (χ1v) is 9.70. The molecule has 0 aliphatic carbocycles. The van der Waals surface area contributed by atoms with Crippen molar-refractivity contribution in [2.45, 2.75) is 11.3 Å². The quantitative estimate of drug-likeness (QED) is 0.788. The summed E-state index contributed by atoms with van der Waals surface area (Å²) in [5.74, 6) is -0.119. The van der Waals surface area contributed by atoms with Crippen LogP contribution in [0.4, 0.5) is 5.69 Å². The lowest BCUT2D eigenvalue weighted by atomic mass is 10.2. The summed E-state index contributed by atoms with van der Waals surface area (Å²) in [6.45, 7) is 0.956. The highest BCUT2D eigenvalue weighted by Crippen LogP contribution is 2.33. The minimum atomic E-state index is -3.78. The van der Waals surface area contributed by atoms with Crippen LogP contribution in [-0.4, -0.2) is 41.1 Å². The predicted octanol–water partition coefficient (Wildman–Crippen LogP) is 1.14. The summed E-state index contributed by atoms with van der Waals surface area (Å²) in [6, 6.07) is 11.7. The number of sulfonamides is 1. The number of methoxy groups -OCH3 is 1. The van der Waals surface area contributed by atoms with Crippen molar-refractivity contribution in [1.29, 1.82) is 0 Å². The van der Waals surface area contributed by atoms with Crippen molar-refractivity contribution in [3.8, 4) is 5.75 Å². The van der Waals surface area contributed by atoms with E-state index in [9.17, 15) is 13.2 Å². The van der Waals surface area contributed by atoms with E-state index in [2.05, 4.69) is 5.32 Å². The molecule has 1 heterocycles. The maximum absolute atomic E-state index is 13.1. The van der Waals surface area contributed by atoms with E-state index in [0.717, 1.165) is 5.56 Å². The first-order valence-electron chi connectivity index (χ1n) is 8.26. The molecule has 0 unspecified atom stereocenters. The van der Waals surface area contributed by atoms with Crippen LogP contribution in [0.2, 0.25) is 0 Å². The van der Waals surface area contributed by atoms with E-state index in [1.54, 1.807) is 6.07 Å². The van der Waals surface area contributed by atoms with Crippen LogP contribution in [0.5, 0.6) is 5.75 Å². The lowest BCUT2D eigenvalue weighted by Gasteiger charge is -2.20. The lowest BCUT2D eigenvalue weighted by molar-refractivity contribution is 0.0951. The van der Waals surface area contributed by atoms with Gasteiger partial charge < -0.3 is 15.8 Å². The Bertz CT molecular complexity index is 928. The van der Waals surface area contributed by atoms with Crippen LogP contribution < -0.4 is 20.1 Å². The Balaban J connectivity index is 2.00. The summed E-state index contributed by atoms with van der Waals surface area (Å²) in [4.78, 5) is 12.4. The molecule has 1 aliphatic rings. The first kappa shape index (κ1) is 18.2. The molecule has 2 aromatic carbocycles. The van der Waals surface area contributed by atoms with Crippen LogP contribution in [-0.2, 0) is 16.4 Å². The molecular weight excluding hydrogens is 354 g/mol. The van der Waals surface area contributed by atoms with Crippen LogP contribution in [0.15, 0.2) is 47.4 Å². The second kappa shape index (κ2) is 7.35. The van der Waals surface area contributed by atoms with E-state index < -0.39 is 15.9 Å². The number of benzene rings is 2. The van der Waals surface area contributed by atoms with Crippen molar-refractivity contribution in [2.75, 3.05) is 31.0 Å². The molecule has 8 heteroatoms. The number of fused-ring (bicyclic) bond motifs is 1. The normalized spacial score (nSPS) is 13.4. The van der Waals surface area contributed by atoms with E-state index in [1.807, 2.05) is 18.2 Å². The van der Waals surface area contributed by atoms with Crippen molar-refractivity contribution >= 4 is 21.6 Å². The Morgan fingerprint density at radius 2 is 2.04 bits per heavy atom. The van der Waals surface area contributed by atoms with Gasteiger partial charge in [-0.05, 0) is 36.2 Å². The number of nitrogens with two attached hydrogens (primary N) is 1. The van der Waals surface area contributed by atoms with Crippen LogP contribution in [0.3, 0.4) is 0 Å². The number of hydrogen-bond acceptors (Lipinski definition) is 5. The lowest BCUT2D eigenvalue weighted by Crippen LogP contribution is -2.31. The van der Waals surface area contributed by atoms with Gasteiger partial charge in [0.2, 0.25) is 0 Å². The molecule has 3 rings (SSSR count). The zero-order chi connectivity index (χ0) is 18.7. The third-order valence-corrected chi connectivity index (χ3v) is 6.09. The van der Waals surface area contributed by atoms with E-state index in [1.165, 1.54) is 29.6 Å². The van der Waals surface area contributed by atoms with Gasteiger partial charge in [0.15, 0.2) is 0 Å². The SMILES string of the molecule is COc1ccc(S(=O)(=O)N2CCc3ccccc32)cc1C(=O)NCCN. The van der Waals surface area contributed by atoms with Crippen molar-refractivity contribution in [3.05, 3.63) is 53.6 Å². The summed E-state index contributed by atoms with van der Waals surface area (Å²) >= 11 is 0. The van der Waals surface area contributed by atoms with Gasteiger partial charge >= 0.3 is 0 Å². The van der Waals surface area contributed by atoms with Gasteiger partial charge in [0.05, 0.1) is 23.3 Å². The molecule has 1 amide bonds. The van der Waals surface area contributed by atoms with E-state index in [4.69, 9.17) is 10.5 Å². The smallest absolute Gasteiger partial charge is 0.264 e. The zero-order valence-corrected chi connectivity index (χ0v) is 15.3. The molecule has 7 nitrogen and oxygen atoms in total. The molecule has 0 spiro atoms. The van der Waals surface area contributed by atoms with Gasteiger partial charge in [-0.3, -0.25) is 9.10 Å². The maximum Gasteiger partial charge on any atom is 0.264 e. The number of amides is 1. The summed E-state index contributed by atoms with van der Waals surface area (Å²) in [5.41, 5.74) is 7.23. The third kappa shape index (κ3) is 3.25. The maximum atomic E-state index is 13.1. The molecule has 2 aromatic rings. The van der Waals surface area contributed by atoms with E-state index >= 15 is 0 Å². The summed E-state index contributed by atoms with van der Waals surface area (Å²) < 4.78 is 32.8. The van der Waals surface area contributed by atoms with Gasteiger partial charge in [0.25, 0.3) is 15.9 Å². The second-order valence-corrected chi connectivity index (χ2v) is 7.72. The van der Waals surface area contributed by atoms with E-state index in [-0.39, 0.29) is 17.0 Å². The highest BCUT2D eigenvalue weighted by atomic mass is 32.2. The number of carbonyl (C=O) groups is 1. The summed E-state index contributed by atoms with van der Waals surface area (Å²) in [6.07, 6.45) is 0.662. The topological polar surface area (TPSA) is 102 Å². The average Bonchev–Trinajstić information content (AvgIpc) is 3.10. The van der Waals surface area contributed by atoms with Crippen LogP contribution in [0.1, 0.15) is 15.9 Å². The van der Waals surface area contributed by atoms with Gasteiger partial charge in [-0.1, -0.05) is 18.2 Å².